The summed E-state index contributed by atoms with van der Waals surface area (Å²) in [6.45, 7) is 33.5. The van der Waals surface area contributed by atoms with Crippen molar-refractivity contribution < 1.29 is 0 Å². The molecule has 0 spiro atoms. The van der Waals surface area contributed by atoms with E-state index in [1.807, 2.05) is 0 Å². The van der Waals surface area contributed by atoms with Crippen LogP contribution in [0, 0.1) is 0 Å². The van der Waals surface area contributed by atoms with Gasteiger partial charge in [0, 0.05) is 28.2 Å². The molecule has 1 aliphatic rings. The SMILES string of the molecule is CC(C)(C)N1CCCCCC1.CC(C)(C)NC(C)(C)C.CC(C)NC(C)(C)C. The first-order valence-electron chi connectivity index (χ1n) is 11.5. The molecule has 1 aliphatic heterocycles. The second-order valence-corrected chi connectivity index (χ2v) is 12.7. The lowest BCUT2D eigenvalue weighted by molar-refractivity contribution is 0.142. The summed E-state index contributed by atoms with van der Waals surface area (Å²) in [7, 11) is 0. The first-order chi connectivity index (χ1) is 12.2. The van der Waals surface area contributed by atoms with Gasteiger partial charge in [0.25, 0.3) is 0 Å². The fraction of sp³-hybridized carbons (Fsp3) is 1.00. The molecule has 0 bridgehead atoms. The molecule has 28 heavy (non-hydrogen) atoms. The Kier molecular flexibility index (Phi) is 13.5. The Balaban J connectivity index is 0. The van der Waals surface area contributed by atoms with Crippen LogP contribution >= 0.6 is 0 Å². The molecule has 0 saturated carbocycles. The summed E-state index contributed by atoms with van der Waals surface area (Å²) < 4.78 is 0. The quantitative estimate of drug-likeness (QED) is 0.519. The van der Waals surface area contributed by atoms with Crippen molar-refractivity contribution in [3.8, 4) is 0 Å². The highest BCUT2D eigenvalue weighted by atomic mass is 15.2. The minimum atomic E-state index is 0.234. The molecular weight excluding hydrogens is 342 g/mol. The van der Waals surface area contributed by atoms with Crippen molar-refractivity contribution in [1.82, 2.24) is 15.5 Å². The van der Waals surface area contributed by atoms with Crippen LogP contribution in [-0.4, -0.2) is 46.2 Å². The third kappa shape index (κ3) is 23.9. The molecule has 0 atom stereocenters. The maximum atomic E-state index is 3.46. The number of nitrogens with one attached hydrogen (secondary N) is 2. The summed E-state index contributed by atoms with van der Waals surface area (Å²) in [5, 5.41) is 6.84. The number of hydrogen-bond acceptors (Lipinski definition) is 3. The Morgan fingerprint density at radius 1 is 0.571 bits per heavy atom. The molecular formula is C25H57N3. The van der Waals surface area contributed by atoms with Gasteiger partial charge in [0.15, 0.2) is 0 Å². The summed E-state index contributed by atoms with van der Waals surface area (Å²) in [6.07, 6.45) is 5.67. The second-order valence-electron chi connectivity index (χ2n) is 12.7. The lowest BCUT2D eigenvalue weighted by Crippen LogP contribution is -2.48. The van der Waals surface area contributed by atoms with Gasteiger partial charge in [-0.1, -0.05) is 26.7 Å². The minimum Gasteiger partial charge on any atom is -0.310 e. The van der Waals surface area contributed by atoms with E-state index >= 15 is 0 Å². The van der Waals surface area contributed by atoms with Gasteiger partial charge in [0.1, 0.15) is 0 Å². The van der Waals surface area contributed by atoms with Crippen molar-refractivity contribution in [3.05, 3.63) is 0 Å². The lowest BCUT2D eigenvalue weighted by atomic mass is 10.0. The van der Waals surface area contributed by atoms with Crippen molar-refractivity contribution in [2.24, 2.45) is 0 Å². The van der Waals surface area contributed by atoms with Gasteiger partial charge in [-0.2, -0.15) is 0 Å². The Bertz CT molecular complexity index is 353. The predicted molar refractivity (Wildman–Crippen MR) is 130 cm³/mol. The molecule has 1 saturated heterocycles. The topological polar surface area (TPSA) is 27.3 Å². The van der Waals surface area contributed by atoms with Gasteiger partial charge in [0.05, 0.1) is 0 Å². The molecule has 2 N–H and O–H groups in total. The normalized spacial score (nSPS) is 17.2. The van der Waals surface area contributed by atoms with Gasteiger partial charge < -0.3 is 10.6 Å². The molecule has 0 aromatic heterocycles. The van der Waals surface area contributed by atoms with E-state index in [2.05, 4.69) is 112 Å². The maximum Gasteiger partial charge on any atom is 0.0125 e. The predicted octanol–water partition coefficient (Wildman–Crippen LogP) is 6.62. The Morgan fingerprint density at radius 3 is 1.07 bits per heavy atom. The highest BCUT2D eigenvalue weighted by Crippen LogP contribution is 2.18. The van der Waals surface area contributed by atoms with Crippen molar-refractivity contribution in [1.29, 1.82) is 0 Å². The third-order valence-corrected chi connectivity index (χ3v) is 4.03. The van der Waals surface area contributed by atoms with Crippen molar-refractivity contribution in [2.75, 3.05) is 13.1 Å². The van der Waals surface area contributed by atoms with Crippen LogP contribution in [0.5, 0.6) is 0 Å². The van der Waals surface area contributed by atoms with Crippen LogP contribution in [0.1, 0.15) is 123 Å². The van der Waals surface area contributed by atoms with Crippen molar-refractivity contribution in [3.63, 3.8) is 0 Å². The maximum absolute atomic E-state index is 3.46. The molecule has 3 nitrogen and oxygen atoms in total. The summed E-state index contributed by atoms with van der Waals surface area (Å²) >= 11 is 0. The van der Waals surface area contributed by atoms with Gasteiger partial charge in [-0.25, -0.2) is 0 Å². The van der Waals surface area contributed by atoms with Gasteiger partial charge in [-0.3, -0.25) is 4.90 Å². The monoisotopic (exact) mass is 399 g/mol. The van der Waals surface area contributed by atoms with E-state index in [1.165, 1.54) is 38.8 Å². The Morgan fingerprint density at radius 2 is 0.929 bits per heavy atom. The van der Waals surface area contributed by atoms with E-state index in [-0.39, 0.29) is 16.6 Å². The molecule has 1 fully saturated rings. The smallest absolute Gasteiger partial charge is 0.0125 e. The van der Waals surface area contributed by atoms with Crippen LogP contribution in [0.25, 0.3) is 0 Å². The average Bonchev–Trinajstić information content (AvgIpc) is 2.59. The van der Waals surface area contributed by atoms with Gasteiger partial charge in [-0.15, -0.1) is 0 Å². The standard InChI is InChI=1S/C10H21N.C8H19N.C7H17N/c1-10(2,3)11-8-6-4-5-7-9-11;1-7(2,3)9-8(4,5)6;1-6(2)8-7(3,4)5/h4-9H2,1-3H3;9H,1-6H3;6,8H,1-5H3. The van der Waals surface area contributed by atoms with Gasteiger partial charge >= 0.3 is 0 Å². The molecule has 1 heterocycles. The van der Waals surface area contributed by atoms with Crippen LogP contribution in [0.3, 0.4) is 0 Å². The molecule has 172 valence electrons. The Labute approximate surface area is 179 Å². The third-order valence-electron chi connectivity index (χ3n) is 4.03. The molecule has 3 heteroatoms. The van der Waals surface area contributed by atoms with E-state index in [0.29, 0.717) is 11.6 Å². The fourth-order valence-corrected chi connectivity index (χ4v) is 3.73. The number of hydrogen-bond donors (Lipinski definition) is 2. The molecule has 0 aromatic carbocycles. The summed E-state index contributed by atoms with van der Waals surface area (Å²) in [6, 6.07) is 0.593. The highest BCUT2D eigenvalue weighted by Gasteiger charge is 2.21. The first kappa shape index (κ1) is 30.1. The molecule has 0 aromatic rings. The van der Waals surface area contributed by atoms with E-state index in [1.54, 1.807) is 0 Å². The fourth-order valence-electron chi connectivity index (χ4n) is 3.73. The molecule has 0 radical (unpaired) electrons. The zero-order valence-corrected chi connectivity index (χ0v) is 22.3. The zero-order chi connectivity index (χ0) is 22.8. The van der Waals surface area contributed by atoms with Crippen LogP contribution in [0.15, 0.2) is 0 Å². The van der Waals surface area contributed by atoms with Crippen molar-refractivity contribution >= 4 is 0 Å². The lowest BCUT2D eigenvalue weighted by Gasteiger charge is -2.34. The molecule has 1 rings (SSSR count). The summed E-state index contributed by atoms with van der Waals surface area (Å²) in [5.41, 5.74) is 1.13. The Hall–Kier alpha value is -0.120. The van der Waals surface area contributed by atoms with Crippen LogP contribution in [-0.2, 0) is 0 Å². The number of likely N-dealkylation sites (tertiary alicyclic amines) is 1. The zero-order valence-electron chi connectivity index (χ0n) is 22.3. The van der Waals surface area contributed by atoms with Crippen LogP contribution in [0.4, 0.5) is 0 Å². The summed E-state index contributed by atoms with van der Waals surface area (Å²) in [4.78, 5) is 2.61. The number of rotatable bonds is 1. The first-order valence-corrected chi connectivity index (χ1v) is 11.5. The number of nitrogens with zero attached hydrogens (tertiary/aromatic N) is 1. The van der Waals surface area contributed by atoms with E-state index in [9.17, 15) is 0 Å². The molecule has 0 aliphatic carbocycles. The average molecular weight is 400 g/mol. The van der Waals surface area contributed by atoms with E-state index in [4.69, 9.17) is 0 Å². The van der Waals surface area contributed by atoms with Crippen molar-refractivity contribution in [2.45, 2.75) is 151 Å². The molecule has 0 unspecified atom stereocenters. The second kappa shape index (κ2) is 12.5. The van der Waals surface area contributed by atoms with E-state index < -0.39 is 0 Å². The van der Waals surface area contributed by atoms with Crippen LogP contribution < -0.4 is 10.6 Å². The highest BCUT2D eigenvalue weighted by molar-refractivity contribution is 4.81. The molecule has 0 amide bonds. The largest absolute Gasteiger partial charge is 0.310 e. The minimum absolute atomic E-state index is 0.234. The summed E-state index contributed by atoms with van der Waals surface area (Å²) in [5.74, 6) is 0. The van der Waals surface area contributed by atoms with E-state index in [0.717, 1.165) is 0 Å². The van der Waals surface area contributed by atoms with Gasteiger partial charge in [0.2, 0.25) is 0 Å². The van der Waals surface area contributed by atoms with Crippen LogP contribution in [0.2, 0.25) is 0 Å². The van der Waals surface area contributed by atoms with Gasteiger partial charge in [-0.05, 0) is 109 Å².